The van der Waals surface area contributed by atoms with Crippen LogP contribution in [0.2, 0.25) is 0 Å². The van der Waals surface area contributed by atoms with Gasteiger partial charge in [0.1, 0.15) is 11.6 Å². The summed E-state index contributed by atoms with van der Waals surface area (Å²) in [5.74, 6) is -0.654. The van der Waals surface area contributed by atoms with Gasteiger partial charge in [0.2, 0.25) is 0 Å². The first kappa shape index (κ1) is 26.1. The number of likely N-dealkylation sites (N-methyl/N-ethyl adjacent to an activating group) is 1. The number of rotatable bonds is 10. The number of benzene rings is 1. The SMILES string of the molecule is CCOC(=O)c1c(NC(=S)Nc2ccc(C(=O)OCCN(CC)CC)cc2)sc2c1CCCC2. The Hall–Kier alpha value is -2.49. The third-order valence-corrected chi connectivity index (χ3v) is 7.20. The lowest BCUT2D eigenvalue weighted by Gasteiger charge is -2.17. The Morgan fingerprint density at radius 3 is 2.38 bits per heavy atom. The highest BCUT2D eigenvalue weighted by Gasteiger charge is 2.26. The van der Waals surface area contributed by atoms with E-state index in [1.807, 2.05) is 0 Å². The van der Waals surface area contributed by atoms with Crippen LogP contribution in [-0.4, -0.2) is 54.8 Å². The fourth-order valence-corrected chi connectivity index (χ4v) is 5.49. The number of nitrogens with one attached hydrogen (secondary N) is 2. The Balaban J connectivity index is 1.60. The molecule has 7 nitrogen and oxygen atoms in total. The second-order valence-corrected chi connectivity index (χ2v) is 9.47. The number of hydrogen-bond donors (Lipinski definition) is 2. The average Bonchev–Trinajstić information content (AvgIpc) is 3.20. The predicted molar refractivity (Wildman–Crippen MR) is 141 cm³/mol. The smallest absolute Gasteiger partial charge is 0.341 e. The molecule has 3 rings (SSSR count). The largest absolute Gasteiger partial charge is 0.462 e. The van der Waals surface area contributed by atoms with Crippen LogP contribution < -0.4 is 10.6 Å². The van der Waals surface area contributed by atoms with Gasteiger partial charge in [0, 0.05) is 17.1 Å². The van der Waals surface area contributed by atoms with Crippen molar-refractivity contribution in [2.75, 3.05) is 43.5 Å². The van der Waals surface area contributed by atoms with Gasteiger partial charge in [0.05, 0.1) is 17.7 Å². The van der Waals surface area contributed by atoms with Gasteiger partial charge in [-0.15, -0.1) is 11.3 Å². The molecule has 1 aliphatic rings. The van der Waals surface area contributed by atoms with Crippen LogP contribution in [0.1, 0.15) is 64.8 Å². The van der Waals surface area contributed by atoms with Crippen LogP contribution in [0.4, 0.5) is 10.7 Å². The van der Waals surface area contributed by atoms with E-state index >= 15 is 0 Å². The minimum Gasteiger partial charge on any atom is -0.462 e. The van der Waals surface area contributed by atoms with Gasteiger partial charge >= 0.3 is 11.9 Å². The van der Waals surface area contributed by atoms with Crippen molar-refractivity contribution in [2.45, 2.75) is 46.5 Å². The quantitative estimate of drug-likeness (QED) is 0.342. The van der Waals surface area contributed by atoms with E-state index in [9.17, 15) is 9.59 Å². The topological polar surface area (TPSA) is 79.9 Å². The van der Waals surface area contributed by atoms with Gasteiger partial charge < -0.3 is 25.0 Å². The summed E-state index contributed by atoms with van der Waals surface area (Å²) in [5, 5.41) is 7.40. The monoisotopic (exact) mass is 503 g/mol. The van der Waals surface area contributed by atoms with E-state index in [0.717, 1.165) is 61.6 Å². The summed E-state index contributed by atoms with van der Waals surface area (Å²) in [4.78, 5) is 28.3. The van der Waals surface area contributed by atoms with Crippen LogP contribution in [0.25, 0.3) is 0 Å². The minimum absolute atomic E-state index is 0.309. The number of fused-ring (bicyclic) bond motifs is 1. The minimum atomic E-state index is -0.345. The molecule has 34 heavy (non-hydrogen) atoms. The molecule has 2 aromatic rings. The molecule has 1 aromatic carbocycles. The molecule has 9 heteroatoms. The Kier molecular flexibility index (Phi) is 9.86. The molecule has 1 heterocycles. The molecule has 1 aromatic heterocycles. The lowest BCUT2D eigenvalue weighted by Crippen LogP contribution is -2.27. The number of nitrogens with zero attached hydrogens (tertiary/aromatic N) is 1. The third kappa shape index (κ3) is 6.77. The molecule has 0 spiro atoms. The Morgan fingerprint density at radius 1 is 1.00 bits per heavy atom. The van der Waals surface area contributed by atoms with Gasteiger partial charge in [-0.05, 0) is 87.7 Å². The summed E-state index contributed by atoms with van der Waals surface area (Å²) < 4.78 is 10.7. The number of anilines is 2. The maximum Gasteiger partial charge on any atom is 0.341 e. The van der Waals surface area contributed by atoms with Gasteiger partial charge in [-0.25, -0.2) is 9.59 Å². The summed E-state index contributed by atoms with van der Waals surface area (Å²) >= 11 is 7.06. The van der Waals surface area contributed by atoms with Gasteiger partial charge in [0.25, 0.3) is 0 Å². The molecule has 2 N–H and O–H groups in total. The van der Waals surface area contributed by atoms with Crippen LogP contribution >= 0.6 is 23.6 Å². The highest BCUT2D eigenvalue weighted by Crippen LogP contribution is 2.38. The van der Waals surface area contributed by atoms with Crippen molar-refractivity contribution in [3.63, 3.8) is 0 Å². The fraction of sp³-hybridized carbons (Fsp3) is 0.480. The van der Waals surface area contributed by atoms with Crippen molar-refractivity contribution in [3.05, 3.63) is 45.8 Å². The Morgan fingerprint density at radius 2 is 1.71 bits per heavy atom. The first-order valence-electron chi connectivity index (χ1n) is 11.9. The van der Waals surface area contributed by atoms with Crippen molar-refractivity contribution in [3.8, 4) is 0 Å². The van der Waals surface area contributed by atoms with Crippen LogP contribution in [0.3, 0.4) is 0 Å². The molecule has 0 bridgehead atoms. The molecule has 184 valence electrons. The van der Waals surface area contributed by atoms with E-state index in [-0.39, 0.29) is 11.9 Å². The number of carbonyl (C=O) groups is 2. The highest BCUT2D eigenvalue weighted by atomic mass is 32.1. The van der Waals surface area contributed by atoms with Crippen molar-refractivity contribution in [1.82, 2.24) is 4.90 Å². The zero-order valence-electron chi connectivity index (χ0n) is 20.1. The molecule has 0 unspecified atom stereocenters. The van der Waals surface area contributed by atoms with Gasteiger partial charge in [-0.2, -0.15) is 0 Å². The van der Waals surface area contributed by atoms with E-state index in [2.05, 4.69) is 29.4 Å². The Labute approximate surface area is 210 Å². The van der Waals surface area contributed by atoms with E-state index in [4.69, 9.17) is 21.7 Å². The van der Waals surface area contributed by atoms with Gasteiger partial charge in [-0.1, -0.05) is 13.8 Å². The standard InChI is InChI=1S/C25H33N3O4S2/c1-4-28(5-2)15-16-32-23(29)17-11-13-18(14-12-17)26-25(33)27-22-21(24(30)31-6-3)19-9-7-8-10-20(19)34-22/h11-14H,4-10,15-16H2,1-3H3,(H2,26,27,33). The second-order valence-electron chi connectivity index (χ2n) is 7.95. The third-order valence-electron chi connectivity index (χ3n) is 5.79. The number of carbonyl (C=O) groups excluding carboxylic acids is 2. The lowest BCUT2D eigenvalue weighted by molar-refractivity contribution is 0.0465. The predicted octanol–water partition coefficient (Wildman–Crippen LogP) is 5.11. The molecule has 0 saturated heterocycles. The van der Waals surface area contributed by atoms with Crippen LogP contribution in [-0.2, 0) is 22.3 Å². The van der Waals surface area contributed by atoms with Gasteiger partial charge in [0.15, 0.2) is 5.11 Å². The summed E-state index contributed by atoms with van der Waals surface area (Å²) in [5.41, 5.74) is 2.91. The second kappa shape index (κ2) is 12.8. The normalized spacial score (nSPS) is 12.7. The molecule has 0 aliphatic heterocycles. The molecule has 0 atom stereocenters. The fourth-order valence-electron chi connectivity index (χ4n) is 3.92. The van der Waals surface area contributed by atoms with Crippen molar-refractivity contribution in [1.29, 1.82) is 0 Å². The maximum absolute atomic E-state index is 12.6. The summed E-state index contributed by atoms with van der Waals surface area (Å²) in [6.45, 7) is 9.24. The summed E-state index contributed by atoms with van der Waals surface area (Å²) in [6, 6.07) is 6.97. The van der Waals surface area contributed by atoms with E-state index < -0.39 is 0 Å². The van der Waals surface area contributed by atoms with Crippen molar-refractivity contribution < 1.29 is 19.1 Å². The average molecular weight is 504 g/mol. The number of esters is 2. The number of thiocarbonyl (C=S) groups is 1. The first-order valence-corrected chi connectivity index (χ1v) is 13.1. The number of hydrogen-bond acceptors (Lipinski definition) is 7. The van der Waals surface area contributed by atoms with Crippen LogP contribution in [0.15, 0.2) is 24.3 Å². The summed E-state index contributed by atoms with van der Waals surface area (Å²) in [6.07, 6.45) is 4.06. The zero-order valence-corrected chi connectivity index (χ0v) is 21.7. The summed E-state index contributed by atoms with van der Waals surface area (Å²) in [7, 11) is 0. The molecule has 0 fully saturated rings. The Bertz CT molecular complexity index is 1000. The number of aryl methyl sites for hydroxylation is 1. The molecule has 0 radical (unpaired) electrons. The molecule has 0 saturated carbocycles. The van der Waals surface area contributed by atoms with Gasteiger partial charge in [-0.3, -0.25) is 0 Å². The highest BCUT2D eigenvalue weighted by molar-refractivity contribution is 7.80. The number of thiophene rings is 1. The van der Waals surface area contributed by atoms with Crippen molar-refractivity contribution in [2.24, 2.45) is 0 Å². The van der Waals surface area contributed by atoms with Crippen molar-refractivity contribution >= 4 is 51.3 Å². The van der Waals surface area contributed by atoms with E-state index in [1.165, 1.54) is 4.88 Å². The number of ether oxygens (including phenoxy) is 2. The van der Waals surface area contributed by atoms with E-state index in [1.54, 1.807) is 42.5 Å². The van der Waals surface area contributed by atoms with Crippen LogP contribution in [0, 0.1) is 0 Å². The lowest BCUT2D eigenvalue weighted by atomic mass is 9.95. The first-order chi connectivity index (χ1) is 16.5. The molecular weight excluding hydrogens is 470 g/mol. The molecule has 0 amide bonds. The zero-order chi connectivity index (χ0) is 24.5. The van der Waals surface area contributed by atoms with E-state index in [0.29, 0.717) is 29.5 Å². The maximum atomic E-state index is 12.6. The van der Waals surface area contributed by atoms with Crippen LogP contribution in [0.5, 0.6) is 0 Å². The molecule has 1 aliphatic carbocycles. The molecular formula is C25H33N3O4S2.